The summed E-state index contributed by atoms with van der Waals surface area (Å²) in [7, 11) is -3.62. The van der Waals surface area contributed by atoms with E-state index in [2.05, 4.69) is 10.3 Å². The number of nitrogens with one attached hydrogen (secondary N) is 1. The van der Waals surface area contributed by atoms with Crippen molar-refractivity contribution in [2.75, 3.05) is 18.4 Å². The highest BCUT2D eigenvalue weighted by atomic mass is 32.2. The van der Waals surface area contributed by atoms with Gasteiger partial charge in [-0.2, -0.15) is 4.31 Å². The maximum atomic E-state index is 13.3. The van der Waals surface area contributed by atoms with Crippen LogP contribution < -0.4 is 5.32 Å². The van der Waals surface area contributed by atoms with Gasteiger partial charge in [-0.1, -0.05) is 69.4 Å². The number of carbonyl (C=O) groups excluding carboxylic acids is 1. The third kappa shape index (κ3) is 6.25. The molecule has 0 aliphatic carbocycles. The van der Waals surface area contributed by atoms with Crippen molar-refractivity contribution in [3.8, 4) is 0 Å². The molecule has 170 valence electrons. The van der Waals surface area contributed by atoms with Gasteiger partial charge in [0.2, 0.25) is 15.9 Å². The number of hydrogen-bond donors (Lipinski definition) is 1. The first-order chi connectivity index (χ1) is 15.1. The van der Waals surface area contributed by atoms with Crippen molar-refractivity contribution in [2.24, 2.45) is 11.8 Å². The maximum Gasteiger partial charge on any atom is 0.250 e. The van der Waals surface area contributed by atoms with Crippen molar-refractivity contribution >= 4 is 48.7 Å². The molecule has 0 atom stereocenters. The van der Waals surface area contributed by atoms with E-state index in [1.807, 2.05) is 58.0 Å². The minimum atomic E-state index is -3.62. The maximum absolute atomic E-state index is 13.3. The zero-order chi connectivity index (χ0) is 23.3. The number of sulfonamides is 1. The molecular formula is C24H29N3O3S2. The van der Waals surface area contributed by atoms with Gasteiger partial charge in [0.15, 0.2) is 5.13 Å². The Morgan fingerprint density at radius 3 is 2.34 bits per heavy atom. The first-order valence-electron chi connectivity index (χ1n) is 10.6. The van der Waals surface area contributed by atoms with Crippen molar-refractivity contribution in [2.45, 2.75) is 32.6 Å². The summed E-state index contributed by atoms with van der Waals surface area (Å²) in [5, 5.41) is 3.19. The summed E-state index contributed by atoms with van der Waals surface area (Å²) in [6.07, 6.45) is 3.18. The topological polar surface area (TPSA) is 79.4 Å². The van der Waals surface area contributed by atoms with E-state index in [0.29, 0.717) is 28.4 Å². The summed E-state index contributed by atoms with van der Waals surface area (Å²) in [4.78, 5) is 16.9. The summed E-state index contributed by atoms with van der Waals surface area (Å²) in [5.41, 5.74) is 1.57. The molecule has 0 spiro atoms. The molecule has 1 amide bonds. The number of amides is 1. The number of carbonyl (C=O) groups is 1. The lowest BCUT2D eigenvalue weighted by molar-refractivity contribution is -0.111. The third-order valence-electron chi connectivity index (χ3n) is 4.59. The summed E-state index contributed by atoms with van der Waals surface area (Å²) in [5.74, 6) is 0.156. The second-order valence-corrected chi connectivity index (χ2v) is 11.5. The summed E-state index contributed by atoms with van der Waals surface area (Å²) in [6.45, 7) is 8.98. The van der Waals surface area contributed by atoms with Crippen LogP contribution in [0.25, 0.3) is 16.3 Å². The molecule has 32 heavy (non-hydrogen) atoms. The van der Waals surface area contributed by atoms with Crippen LogP contribution in [0.1, 0.15) is 33.3 Å². The number of fused-ring (bicyclic) bond motifs is 1. The number of thiazole rings is 1. The van der Waals surface area contributed by atoms with Crippen molar-refractivity contribution in [3.05, 3.63) is 60.2 Å². The molecule has 0 radical (unpaired) electrons. The number of hydrogen-bond acceptors (Lipinski definition) is 5. The van der Waals surface area contributed by atoms with Gasteiger partial charge in [-0.25, -0.2) is 13.4 Å². The van der Waals surface area contributed by atoms with Gasteiger partial charge in [-0.15, -0.1) is 0 Å². The fourth-order valence-electron chi connectivity index (χ4n) is 3.24. The SMILES string of the molecule is CC(C)CN(CC(C)C)S(=O)(=O)c1ccc2nc(NC(=O)C=Cc3ccccc3)sc2c1. The Kier molecular flexibility index (Phi) is 7.82. The smallest absolute Gasteiger partial charge is 0.250 e. The van der Waals surface area contributed by atoms with Gasteiger partial charge in [0.1, 0.15) is 0 Å². The second kappa shape index (κ2) is 10.4. The van der Waals surface area contributed by atoms with Gasteiger partial charge in [-0.05, 0) is 41.7 Å². The average Bonchev–Trinajstić information content (AvgIpc) is 3.13. The van der Waals surface area contributed by atoms with E-state index in [-0.39, 0.29) is 22.6 Å². The summed E-state index contributed by atoms with van der Waals surface area (Å²) < 4.78 is 28.8. The fraction of sp³-hybridized carbons (Fsp3) is 0.333. The largest absolute Gasteiger partial charge is 0.298 e. The molecule has 0 fully saturated rings. The van der Waals surface area contributed by atoms with Crippen molar-refractivity contribution in [3.63, 3.8) is 0 Å². The summed E-state index contributed by atoms with van der Waals surface area (Å²) in [6, 6.07) is 14.5. The lowest BCUT2D eigenvalue weighted by Crippen LogP contribution is -2.37. The van der Waals surface area contributed by atoms with Gasteiger partial charge < -0.3 is 0 Å². The van der Waals surface area contributed by atoms with E-state index in [1.54, 1.807) is 28.6 Å². The zero-order valence-electron chi connectivity index (χ0n) is 18.8. The zero-order valence-corrected chi connectivity index (χ0v) is 20.4. The molecule has 1 heterocycles. The van der Waals surface area contributed by atoms with Gasteiger partial charge in [-0.3, -0.25) is 10.1 Å². The van der Waals surface area contributed by atoms with E-state index >= 15 is 0 Å². The fourth-order valence-corrected chi connectivity index (χ4v) is 6.01. The Morgan fingerprint density at radius 2 is 1.72 bits per heavy atom. The molecule has 0 aliphatic rings. The van der Waals surface area contributed by atoms with Crippen LogP contribution in [-0.4, -0.2) is 36.7 Å². The Balaban J connectivity index is 1.80. The molecule has 0 aliphatic heterocycles. The Bertz CT molecular complexity index is 1190. The number of nitrogens with zero attached hydrogens (tertiary/aromatic N) is 2. The van der Waals surface area contributed by atoms with Crippen LogP contribution in [0, 0.1) is 11.8 Å². The molecule has 0 saturated heterocycles. The van der Waals surface area contributed by atoms with Gasteiger partial charge in [0.25, 0.3) is 0 Å². The first kappa shape index (κ1) is 24.1. The highest BCUT2D eigenvalue weighted by Crippen LogP contribution is 2.29. The predicted molar refractivity (Wildman–Crippen MR) is 132 cm³/mol. The average molecular weight is 472 g/mol. The molecule has 1 aromatic heterocycles. The van der Waals surface area contributed by atoms with Crippen molar-refractivity contribution in [1.82, 2.24) is 9.29 Å². The number of rotatable bonds is 9. The Morgan fingerprint density at radius 1 is 1.06 bits per heavy atom. The van der Waals surface area contributed by atoms with Crippen LogP contribution in [0.2, 0.25) is 0 Å². The first-order valence-corrected chi connectivity index (χ1v) is 12.9. The highest BCUT2D eigenvalue weighted by Gasteiger charge is 2.26. The van der Waals surface area contributed by atoms with Gasteiger partial charge >= 0.3 is 0 Å². The Labute approximate surface area is 194 Å². The van der Waals surface area contributed by atoms with E-state index < -0.39 is 10.0 Å². The minimum absolute atomic E-state index is 0.224. The van der Waals surface area contributed by atoms with E-state index in [4.69, 9.17) is 0 Å². The monoisotopic (exact) mass is 471 g/mol. The van der Waals surface area contributed by atoms with E-state index in [9.17, 15) is 13.2 Å². The molecule has 3 aromatic rings. The summed E-state index contributed by atoms with van der Waals surface area (Å²) >= 11 is 1.26. The van der Waals surface area contributed by atoms with E-state index in [0.717, 1.165) is 5.56 Å². The Hall–Kier alpha value is -2.55. The molecule has 1 N–H and O–H groups in total. The van der Waals surface area contributed by atoms with Crippen LogP contribution >= 0.6 is 11.3 Å². The standard InChI is InChI=1S/C24H29N3O3S2/c1-17(2)15-27(16-18(3)4)32(29,30)20-11-12-21-22(14-20)31-24(25-21)26-23(28)13-10-19-8-6-5-7-9-19/h5-14,17-18H,15-16H2,1-4H3,(H,25,26,28). The van der Waals surface area contributed by atoms with Crippen LogP contribution in [0.4, 0.5) is 5.13 Å². The van der Waals surface area contributed by atoms with Crippen molar-refractivity contribution < 1.29 is 13.2 Å². The van der Waals surface area contributed by atoms with Crippen LogP contribution in [0.15, 0.2) is 59.5 Å². The van der Waals surface area contributed by atoms with Crippen LogP contribution in [0.5, 0.6) is 0 Å². The molecule has 6 nitrogen and oxygen atoms in total. The van der Waals surface area contributed by atoms with Gasteiger partial charge in [0.05, 0.1) is 15.1 Å². The minimum Gasteiger partial charge on any atom is -0.298 e. The van der Waals surface area contributed by atoms with E-state index in [1.165, 1.54) is 17.4 Å². The molecule has 3 rings (SSSR count). The third-order valence-corrected chi connectivity index (χ3v) is 7.35. The molecule has 0 saturated carbocycles. The van der Waals surface area contributed by atoms with Crippen LogP contribution in [0.3, 0.4) is 0 Å². The number of anilines is 1. The quantitative estimate of drug-likeness (QED) is 0.432. The van der Waals surface area contributed by atoms with Gasteiger partial charge in [0, 0.05) is 19.2 Å². The molecule has 8 heteroatoms. The highest BCUT2D eigenvalue weighted by molar-refractivity contribution is 7.89. The number of benzene rings is 2. The molecule has 0 unspecified atom stereocenters. The normalized spacial score (nSPS) is 12.5. The molecule has 0 bridgehead atoms. The lowest BCUT2D eigenvalue weighted by atomic mass is 10.2. The molecule has 2 aromatic carbocycles. The second-order valence-electron chi connectivity index (χ2n) is 8.49. The lowest BCUT2D eigenvalue weighted by Gasteiger charge is -2.25. The van der Waals surface area contributed by atoms with Crippen molar-refractivity contribution in [1.29, 1.82) is 0 Å². The predicted octanol–water partition coefficient (Wildman–Crippen LogP) is 5.25. The van der Waals surface area contributed by atoms with Crippen LogP contribution in [-0.2, 0) is 14.8 Å². The number of aromatic nitrogens is 1. The molecular weight excluding hydrogens is 442 g/mol.